The normalized spacial score (nSPS) is 10.6. The van der Waals surface area contributed by atoms with Crippen LogP contribution in [0.2, 0.25) is 10.0 Å². The van der Waals surface area contributed by atoms with Crippen molar-refractivity contribution >= 4 is 29.1 Å². The van der Waals surface area contributed by atoms with Crippen molar-refractivity contribution in [2.75, 3.05) is 0 Å². The van der Waals surface area contributed by atoms with Gasteiger partial charge in [-0.1, -0.05) is 41.4 Å². The minimum absolute atomic E-state index is 0.0216. The lowest BCUT2D eigenvalue weighted by molar-refractivity contribution is 0.0946. The van der Waals surface area contributed by atoms with E-state index in [2.05, 4.69) is 15.5 Å². The summed E-state index contributed by atoms with van der Waals surface area (Å²) in [5.74, 6) is -0.809. The van der Waals surface area contributed by atoms with E-state index in [9.17, 15) is 9.18 Å². The third-order valence-electron chi connectivity index (χ3n) is 3.40. The summed E-state index contributed by atoms with van der Waals surface area (Å²) in [6.07, 6.45) is 0. The van der Waals surface area contributed by atoms with Crippen LogP contribution in [0.3, 0.4) is 0 Å². The molecule has 0 spiro atoms. The largest absolute Gasteiger partial charge is 0.347 e. The maximum absolute atomic E-state index is 13.1. The third-order valence-corrected chi connectivity index (χ3v) is 3.94. The molecule has 0 aliphatic heterocycles. The fourth-order valence-corrected chi connectivity index (χ4v) is 2.46. The summed E-state index contributed by atoms with van der Waals surface area (Å²) in [6, 6.07) is 13.1. The van der Waals surface area contributed by atoms with Gasteiger partial charge < -0.3 is 5.32 Å². The summed E-state index contributed by atoms with van der Waals surface area (Å²) in [5.41, 5.74) is 2.52. The van der Waals surface area contributed by atoms with Crippen LogP contribution in [0.15, 0.2) is 48.5 Å². The smallest absolute Gasteiger partial charge is 0.269 e. The Labute approximate surface area is 147 Å². The van der Waals surface area contributed by atoms with Crippen LogP contribution in [0.25, 0.3) is 11.3 Å². The molecule has 0 bridgehead atoms. The van der Waals surface area contributed by atoms with Gasteiger partial charge in [0.25, 0.3) is 5.91 Å². The van der Waals surface area contributed by atoms with Gasteiger partial charge in [-0.25, -0.2) is 4.39 Å². The van der Waals surface area contributed by atoms with Crippen LogP contribution in [0, 0.1) is 5.82 Å². The summed E-state index contributed by atoms with van der Waals surface area (Å²) in [6.45, 7) is 0.230. The number of amides is 1. The molecule has 0 radical (unpaired) electrons. The average Bonchev–Trinajstić information content (AvgIpc) is 3.06. The van der Waals surface area contributed by atoms with Gasteiger partial charge in [0, 0.05) is 17.1 Å². The Hall–Kier alpha value is -2.37. The second-order valence-corrected chi connectivity index (χ2v) is 5.95. The van der Waals surface area contributed by atoms with Crippen molar-refractivity contribution in [2.45, 2.75) is 6.54 Å². The predicted molar refractivity (Wildman–Crippen MR) is 91.6 cm³/mol. The van der Waals surface area contributed by atoms with Gasteiger partial charge in [-0.3, -0.25) is 9.89 Å². The minimum atomic E-state index is -0.493. The number of aromatic nitrogens is 2. The maximum Gasteiger partial charge on any atom is 0.269 e. The van der Waals surface area contributed by atoms with Crippen molar-refractivity contribution in [3.05, 3.63) is 75.7 Å². The first kappa shape index (κ1) is 16.5. The first-order chi connectivity index (χ1) is 11.5. The van der Waals surface area contributed by atoms with Crippen molar-refractivity contribution in [3.63, 3.8) is 0 Å². The number of carbonyl (C=O) groups excluding carboxylic acids is 1. The molecule has 0 fully saturated rings. The zero-order valence-corrected chi connectivity index (χ0v) is 13.8. The van der Waals surface area contributed by atoms with Crippen molar-refractivity contribution in [1.29, 1.82) is 0 Å². The average molecular weight is 364 g/mol. The summed E-state index contributed by atoms with van der Waals surface area (Å²) in [7, 11) is 0. The highest BCUT2D eigenvalue weighted by molar-refractivity contribution is 6.31. The molecule has 0 aliphatic carbocycles. The van der Waals surface area contributed by atoms with E-state index in [0.29, 0.717) is 22.0 Å². The molecule has 0 saturated heterocycles. The number of aromatic amines is 1. The molecule has 2 N–H and O–H groups in total. The lowest BCUT2D eigenvalue weighted by Crippen LogP contribution is -2.23. The molecule has 0 unspecified atom stereocenters. The van der Waals surface area contributed by atoms with Gasteiger partial charge >= 0.3 is 0 Å². The Morgan fingerprint density at radius 2 is 1.88 bits per heavy atom. The molecular weight excluding hydrogens is 352 g/mol. The van der Waals surface area contributed by atoms with Crippen molar-refractivity contribution in [3.8, 4) is 11.3 Å². The number of benzene rings is 2. The number of nitrogens with zero attached hydrogens (tertiary/aromatic N) is 1. The molecule has 0 aliphatic rings. The van der Waals surface area contributed by atoms with Crippen LogP contribution in [-0.4, -0.2) is 16.1 Å². The first-order valence-electron chi connectivity index (χ1n) is 7.06. The van der Waals surface area contributed by atoms with E-state index in [1.807, 2.05) is 12.1 Å². The van der Waals surface area contributed by atoms with Crippen molar-refractivity contribution in [2.24, 2.45) is 0 Å². The lowest BCUT2D eigenvalue weighted by atomic mass is 10.1. The molecule has 122 valence electrons. The first-order valence-corrected chi connectivity index (χ1v) is 7.82. The number of halogens is 3. The van der Waals surface area contributed by atoms with Crippen molar-refractivity contribution < 1.29 is 9.18 Å². The Bertz CT molecular complexity index is 878. The molecular formula is C17H12Cl2FN3O. The Balaban J connectivity index is 1.67. The van der Waals surface area contributed by atoms with E-state index in [0.717, 1.165) is 5.56 Å². The van der Waals surface area contributed by atoms with E-state index >= 15 is 0 Å². The van der Waals surface area contributed by atoms with E-state index < -0.39 is 5.82 Å². The van der Waals surface area contributed by atoms with E-state index in [-0.39, 0.29) is 17.5 Å². The quantitative estimate of drug-likeness (QED) is 0.719. The lowest BCUT2D eigenvalue weighted by Gasteiger charge is -2.04. The maximum atomic E-state index is 13.1. The number of carbonyl (C=O) groups is 1. The van der Waals surface area contributed by atoms with E-state index in [1.165, 1.54) is 12.1 Å². The zero-order valence-electron chi connectivity index (χ0n) is 12.3. The van der Waals surface area contributed by atoms with Gasteiger partial charge in [-0.05, 0) is 35.9 Å². The van der Waals surface area contributed by atoms with Gasteiger partial charge in [-0.2, -0.15) is 5.10 Å². The molecule has 0 saturated carbocycles. The van der Waals surface area contributed by atoms with Gasteiger partial charge in [-0.15, -0.1) is 0 Å². The fourth-order valence-electron chi connectivity index (χ4n) is 2.13. The number of hydrogen-bond acceptors (Lipinski definition) is 2. The second kappa shape index (κ2) is 7.03. The Morgan fingerprint density at radius 1 is 1.12 bits per heavy atom. The fraction of sp³-hybridized carbons (Fsp3) is 0.0588. The molecule has 0 atom stereocenters. The van der Waals surface area contributed by atoms with Crippen LogP contribution in [0.5, 0.6) is 0 Å². The standard InChI is InChI=1S/C17H12Cl2FN3O/c18-12-4-2-11(3-5-12)15-8-16(23-22-15)17(24)21-9-10-1-6-14(20)13(19)7-10/h1-8H,9H2,(H,21,24)(H,22,23). The number of hydrogen-bond donors (Lipinski definition) is 2. The van der Waals surface area contributed by atoms with Gasteiger partial charge in [0.1, 0.15) is 11.5 Å². The van der Waals surface area contributed by atoms with Crippen LogP contribution in [-0.2, 0) is 6.54 Å². The molecule has 3 rings (SSSR count). The highest BCUT2D eigenvalue weighted by atomic mass is 35.5. The summed E-state index contributed by atoms with van der Waals surface area (Å²) >= 11 is 11.6. The monoisotopic (exact) mass is 363 g/mol. The van der Waals surface area contributed by atoms with E-state index in [1.54, 1.807) is 24.3 Å². The van der Waals surface area contributed by atoms with Crippen LogP contribution < -0.4 is 5.32 Å². The molecule has 1 aromatic heterocycles. The topological polar surface area (TPSA) is 57.8 Å². The van der Waals surface area contributed by atoms with Gasteiger partial charge in [0.2, 0.25) is 0 Å². The summed E-state index contributed by atoms with van der Waals surface area (Å²) in [5, 5.41) is 10.2. The zero-order chi connectivity index (χ0) is 17.1. The summed E-state index contributed by atoms with van der Waals surface area (Å²) < 4.78 is 13.1. The predicted octanol–water partition coefficient (Wildman–Crippen LogP) is 4.45. The summed E-state index contributed by atoms with van der Waals surface area (Å²) in [4.78, 5) is 12.2. The van der Waals surface area contributed by atoms with E-state index in [4.69, 9.17) is 23.2 Å². The molecule has 7 heteroatoms. The number of nitrogens with one attached hydrogen (secondary N) is 2. The molecule has 2 aromatic carbocycles. The minimum Gasteiger partial charge on any atom is -0.347 e. The van der Waals surface area contributed by atoms with Crippen LogP contribution >= 0.6 is 23.2 Å². The Kier molecular flexibility index (Phi) is 4.83. The van der Waals surface area contributed by atoms with Crippen LogP contribution in [0.4, 0.5) is 4.39 Å². The molecule has 4 nitrogen and oxygen atoms in total. The molecule has 1 amide bonds. The number of H-pyrrole nitrogens is 1. The highest BCUT2D eigenvalue weighted by Gasteiger charge is 2.11. The van der Waals surface area contributed by atoms with Crippen LogP contribution in [0.1, 0.15) is 16.1 Å². The third kappa shape index (κ3) is 3.75. The Morgan fingerprint density at radius 3 is 2.58 bits per heavy atom. The second-order valence-electron chi connectivity index (χ2n) is 5.10. The van der Waals surface area contributed by atoms with Crippen molar-refractivity contribution in [1.82, 2.24) is 15.5 Å². The number of rotatable bonds is 4. The highest BCUT2D eigenvalue weighted by Crippen LogP contribution is 2.20. The van der Waals surface area contributed by atoms with Gasteiger partial charge in [0.05, 0.1) is 10.7 Å². The molecule has 1 heterocycles. The SMILES string of the molecule is O=C(NCc1ccc(F)c(Cl)c1)c1cc(-c2ccc(Cl)cc2)n[nH]1. The molecule has 3 aromatic rings. The van der Waals surface area contributed by atoms with Gasteiger partial charge in [0.15, 0.2) is 0 Å². The molecule has 24 heavy (non-hydrogen) atoms.